The van der Waals surface area contributed by atoms with Crippen LogP contribution >= 0.6 is 11.6 Å². The SMILES string of the molecule is COc1ccc(F)cc1C(O)COc1cccc(Cl)c1. The Morgan fingerprint density at radius 2 is 2.05 bits per heavy atom. The molecule has 0 aliphatic carbocycles. The second-order valence-corrected chi connectivity index (χ2v) is 4.61. The van der Waals surface area contributed by atoms with Gasteiger partial charge in [0.15, 0.2) is 0 Å². The highest BCUT2D eigenvalue weighted by Gasteiger charge is 2.15. The van der Waals surface area contributed by atoms with Gasteiger partial charge in [-0.3, -0.25) is 0 Å². The van der Waals surface area contributed by atoms with Crippen LogP contribution in [-0.2, 0) is 0 Å². The Hall–Kier alpha value is -1.78. The molecule has 0 radical (unpaired) electrons. The lowest BCUT2D eigenvalue weighted by molar-refractivity contribution is 0.105. The summed E-state index contributed by atoms with van der Waals surface area (Å²) >= 11 is 5.83. The molecule has 0 heterocycles. The zero-order valence-corrected chi connectivity index (χ0v) is 11.6. The van der Waals surface area contributed by atoms with Crippen LogP contribution in [0.2, 0.25) is 5.02 Å². The Labute approximate surface area is 121 Å². The fourth-order valence-corrected chi connectivity index (χ4v) is 1.97. The van der Waals surface area contributed by atoms with E-state index < -0.39 is 11.9 Å². The van der Waals surface area contributed by atoms with Crippen LogP contribution < -0.4 is 9.47 Å². The quantitative estimate of drug-likeness (QED) is 0.916. The fraction of sp³-hybridized carbons (Fsp3) is 0.200. The molecule has 2 rings (SSSR count). The number of halogens is 2. The molecule has 2 aromatic carbocycles. The third-order valence-corrected chi connectivity index (χ3v) is 2.99. The first-order valence-electron chi connectivity index (χ1n) is 6.00. The van der Waals surface area contributed by atoms with Crippen LogP contribution in [-0.4, -0.2) is 18.8 Å². The molecule has 1 unspecified atom stereocenters. The highest BCUT2D eigenvalue weighted by atomic mass is 35.5. The zero-order valence-electron chi connectivity index (χ0n) is 10.8. The van der Waals surface area contributed by atoms with Crippen molar-refractivity contribution in [2.75, 3.05) is 13.7 Å². The summed E-state index contributed by atoms with van der Waals surface area (Å²) < 4.78 is 23.8. The first kappa shape index (κ1) is 14.6. The van der Waals surface area contributed by atoms with E-state index in [-0.39, 0.29) is 6.61 Å². The highest BCUT2D eigenvalue weighted by Crippen LogP contribution is 2.27. The first-order valence-corrected chi connectivity index (χ1v) is 6.38. The second kappa shape index (κ2) is 6.59. The van der Waals surface area contributed by atoms with Crippen molar-refractivity contribution in [3.8, 4) is 11.5 Å². The van der Waals surface area contributed by atoms with Crippen LogP contribution in [0.1, 0.15) is 11.7 Å². The van der Waals surface area contributed by atoms with E-state index in [2.05, 4.69) is 0 Å². The average molecular weight is 297 g/mol. The molecule has 5 heteroatoms. The smallest absolute Gasteiger partial charge is 0.124 e. The maximum absolute atomic E-state index is 13.2. The standard InChI is InChI=1S/C15H14ClFO3/c1-19-15-6-5-11(17)8-13(15)14(18)9-20-12-4-2-3-10(16)7-12/h2-8,14,18H,9H2,1H3. The van der Waals surface area contributed by atoms with Crippen molar-refractivity contribution in [3.05, 3.63) is 58.9 Å². The van der Waals surface area contributed by atoms with Gasteiger partial charge >= 0.3 is 0 Å². The molecule has 0 fully saturated rings. The van der Waals surface area contributed by atoms with Crippen LogP contribution in [0.15, 0.2) is 42.5 Å². The van der Waals surface area contributed by atoms with Crippen molar-refractivity contribution in [3.63, 3.8) is 0 Å². The van der Waals surface area contributed by atoms with Gasteiger partial charge in [0, 0.05) is 10.6 Å². The Morgan fingerprint density at radius 1 is 1.25 bits per heavy atom. The Kier molecular flexibility index (Phi) is 4.82. The van der Waals surface area contributed by atoms with Crippen molar-refractivity contribution in [2.45, 2.75) is 6.10 Å². The molecule has 0 saturated heterocycles. The van der Waals surface area contributed by atoms with Gasteiger partial charge in [0.05, 0.1) is 7.11 Å². The molecule has 1 N–H and O–H groups in total. The summed E-state index contributed by atoms with van der Waals surface area (Å²) in [5.41, 5.74) is 0.342. The highest BCUT2D eigenvalue weighted by molar-refractivity contribution is 6.30. The summed E-state index contributed by atoms with van der Waals surface area (Å²) in [4.78, 5) is 0. The van der Waals surface area contributed by atoms with Gasteiger partial charge in [-0.05, 0) is 36.4 Å². The van der Waals surface area contributed by atoms with Crippen LogP contribution in [0.25, 0.3) is 0 Å². The number of hydrogen-bond acceptors (Lipinski definition) is 3. The van der Waals surface area contributed by atoms with E-state index >= 15 is 0 Å². The van der Waals surface area contributed by atoms with Crippen LogP contribution in [0, 0.1) is 5.82 Å². The number of benzene rings is 2. The number of hydrogen-bond donors (Lipinski definition) is 1. The zero-order chi connectivity index (χ0) is 14.5. The topological polar surface area (TPSA) is 38.7 Å². The molecular formula is C15H14ClFO3. The number of aliphatic hydroxyl groups excluding tert-OH is 1. The second-order valence-electron chi connectivity index (χ2n) is 4.17. The lowest BCUT2D eigenvalue weighted by Gasteiger charge is -2.15. The molecule has 0 aliphatic heterocycles. The lowest BCUT2D eigenvalue weighted by atomic mass is 10.1. The van der Waals surface area contributed by atoms with Crippen molar-refractivity contribution in [1.82, 2.24) is 0 Å². The van der Waals surface area contributed by atoms with Crippen molar-refractivity contribution < 1.29 is 19.0 Å². The molecule has 0 saturated carbocycles. The van der Waals surface area contributed by atoms with E-state index in [4.69, 9.17) is 21.1 Å². The lowest BCUT2D eigenvalue weighted by Crippen LogP contribution is -2.11. The van der Waals surface area contributed by atoms with Gasteiger partial charge in [-0.15, -0.1) is 0 Å². The largest absolute Gasteiger partial charge is 0.496 e. The number of methoxy groups -OCH3 is 1. The number of aliphatic hydroxyl groups is 1. The summed E-state index contributed by atoms with van der Waals surface area (Å²) in [5.74, 6) is 0.503. The normalized spacial score (nSPS) is 12.0. The molecular weight excluding hydrogens is 283 g/mol. The molecule has 2 aromatic rings. The van der Waals surface area contributed by atoms with E-state index in [1.807, 2.05) is 0 Å². The van der Waals surface area contributed by atoms with Gasteiger partial charge in [0.1, 0.15) is 30.0 Å². The van der Waals surface area contributed by atoms with Gasteiger partial charge in [0.2, 0.25) is 0 Å². The molecule has 1 atom stereocenters. The minimum atomic E-state index is -1.00. The summed E-state index contributed by atoms with van der Waals surface area (Å²) in [6.45, 7) is -0.0276. The minimum Gasteiger partial charge on any atom is -0.496 e. The molecule has 106 valence electrons. The van der Waals surface area contributed by atoms with E-state index in [0.29, 0.717) is 22.1 Å². The molecule has 0 amide bonds. The number of rotatable bonds is 5. The fourth-order valence-electron chi connectivity index (χ4n) is 1.79. The van der Waals surface area contributed by atoms with Gasteiger partial charge in [-0.25, -0.2) is 4.39 Å². The van der Waals surface area contributed by atoms with E-state index in [0.717, 1.165) is 0 Å². The van der Waals surface area contributed by atoms with Gasteiger partial charge in [0.25, 0.3) is 0 Å². The summed E-state index contributed by atoms with van der Waals surface area (Å²) in [6.07, 6.45) is -1.00. The molecule has 0 aromatic heterocycles. The van der Waals surface area contributed by atoms with E-state index in [1.165, 1.54) is 25.3 Å². The van der Waals surface area contributed by atoms with Crippen molar-refractivity contribution >= 4 is 11.6 Å². The van der Waals surface area contributed by atoms with Crippen LogP contribution in [0.3, 0.4) is 0 Å². The summed E-state index contributed by atoms with van der Waals surface area (Å²) in [6, 6.07) is 10.8. The summed E-state index contributed by atoms with van der Waals surface area (Å²) in [7, 11) is 1.46. The summed E-state index contributed by atoms with van der Waals surface area (Å²) in [5, 5.41) is 10.6. The molecule has 3 nitrogen and oxygen atoms in total. The van der Waals surface area contributed by atoms with Crippen LogP contribution in [0.4, 0.5) is 4.39 Å². The van der Waals surface area contributed by atoms with Crippen molar-refractivity contribution in [1.29, 1.82) is 0 Å². The maximum atomic E-state index is 13.2. The van der Waals surface area contributed by atoms with Gasteiger partial charge in [-0.1, -0.05) is 17.7 Å². The van der Waals surface area contributed by atoms with Gasteiger partial charge in [-0.2, -0.15) is 0 Å². The first-order chi connectivity index (χ1) is 9.60. The molecule has 0 bridgehead atoms. The van der Waals surface area contributed by atoms with Crippen molar-refractivity contribution in [2.24, 2.45) is 0 Å². The molecule has 0 spiro atoms. The Morgan fingerprint density at radius 3 is 2.75 bits per heavy atom. The predicted molar refractivity (Wildman–Crippen MR) is 74.9 cm³/mol. The van der Waals surface area contributed by atoms with E-state index in [1.54, 1.807) is 24.3 Å². The Balaban J connectivity index is 2.08. The minimum absolute atomic E-state index is 0.0276. The molecule has 20 heavy (non-hydrogen) atoms. The third-order valence-electron chi connectivity index (χ3n) is 2.75. The maximum Gasteiger partial charge on any atom is 0.124 e. The van der Waals surface area contributed by atoms with Crippen LogP contribution in [0.5, 0.6) is 11.5 Å². The number of ether oxygens (including phenoxy) is 2. The molecule has 0 aliphatic rings. The average Bonchev–Trinajstić information content (AvgIpc) is 2.45. The van der Waals surface area contributed by atoms with E-state index in [9.17, 15) is 9.50 Å². The monoisotopic (exact) mass is 296 g/mol. The third kappa shape index (κ3) is 3.62. The van der Waals surface area contributed by atoms with Gasteiger partial charge < -0.3 is 14.6 Å². The Bertz CT molecular complexity index is 589. The predicted octanol–water partition coefficient (Wildman–Crippen LogP) is 3.60.